The number of anilines is 1. The topological polar surface area (TPSA) is 72.4 Å². The van der Waals surface area contributed by atoms with Crippen LogP contribution in [-0.4, -0.2) is 67.3 Å². The largest absolute Gasteiger partial charge is 0.378 e. The van der Waals surface area contributed by atoms with Crippen molar-refractivity contribution in [1.82, 2.24) is 9.88 Å². The van der Waals surface area contributed by atoms with Gasteiger partial charge in [0.05, 0.1) is 24.8 Å². The lowest BCUT2D eigenvalue weighted by Crippen LogP contribution is -2.56. The SMILES string of the molecule is CC(C)c1cc2c(cc1N1CCN(C3COC3)CC1)C(C)(C)c1[nH]c3cc(C=N)ccc3c1C2=O. The van der Waals surface area contributed by atoms with Crippen LogP contribution in [0.4, 0.5) is 5.69 Å². The number of aromatic amines is 1. The Bertz CT molecular complexity index is 1340. The van der Waals surface area contributed by atoms with E-state index in [-0.39, 0.29) is 11.2 Å². The Kier molecular flexibility index (Phi) is 5.17. The summed E-state index contributed by atoms with van der Waals surface area (Å²) in [5.41, 5.74) is 7.63. The lowest BCUT2D eigenvalue weighted by atomic mass is 9.70. The molecule has 2 aromatic carbocycles. The van der Waals surface area contributed by atoms with Gasteiger partial charge in [0, 0.05) is 65.7 Å². The molecule has 1 aliphatic carbocycles. The minimum absolute atomic E-state index is 0.103. The third-order valence-electron chi connectivity index (χ3n) is 8.34. The van der Waals surface area contributed by atoms with E-state index in [1.807, 2.05) is 18.2 Å². The normalized spacial score (nSPS) is 20.1. The Morgan fingerprint density at radius 2 is 1.86 bits per heavy atom. The van der Waals surface area contributed by atoms with Gasteiger partial charge in [-0.15, -0.1) is 0 Å². The van der Waals surface area contributed by atoms with E-state index in [1.165, 1.54) is 17.5 Å². The number of H-pyrrole nitrogens is 1. The fourth-order valence-electron chi connectivity index (χ4n) is 6.09. The summed E-state index contributed by atoms with van der Waals surface area (Å²) in [5, 5.41) is 8.56. The average Bonchev–Trinajstić information content (AvgIpc) is 3.21. The summed E-state index contributed by atoms with van der Waals surface area (Å²) in [5.74, 6) is 0.426. The number of rotatable bonds is 4. The van der Waals surface area contributed by atoms with Crippen molar-refractivity contribution < 1.29 is 9.53 Å². The standard InChI is InChI=1S/C29H34N4O2/c1-17(2)21-12-22-23(13-25(21)33-9-7-32(8-10-33)19-15-35-16-19)29(3,4)28-26(27(22)34)20-6-5-18(14-30)11-24(20)31-28/h5-6,11-14,17,19,30-31H,7-10,15-16H2,1-4H3. The third-order valence-corrected chi connectivity index (χ3v) is 8.34. The van der Waals surface area contributed by atoms with Gasteiger partial charge >= 0.3 is 0 Å². The van der Waals surface area contributed by atoms with E-state index in [1.54, 1.807) is 0 Å². The van der Waals surface area contributed by atoms with Gasteiger partial charge in [-0.2, -0.15) is 0 Å². The molecule has 3 heterocycles. The van der Waals surface area contributed by atoms with Crippen molar-refractivity contribution in [2.75, 3.05) is 44.3 Å². The quantitative estimate of drug-likeness (QED) is 0.543. The molecule has 0 unspecified atom stereocenters. The summed E-state index contributed by atoms with van der Waals surface area (Å²) >= 11 is 0. The maximum atomic E-state index is 13.9. The summed E-state index contributed by atoms with van der Waals surface area (Å²) in [6.07, 6.45) is 1.35. The highest BCUT2D eigenvalue weighted by Gasteiger charge is 2.41. The van der Waals surface area contributed by atoms with Gasteiger partial charge < -0.3 is 20.0 Å². The van der Waals surface area contributed by atoms with Gasteiger partial charge in [-0.1, -0.05) is 39.8 Å². The number of benzene rings is 2. The molecule has 1 aromatic heterocycles. The number of nitrogens with zero attached hydrogens (tertiary/aromatic N) is 2. The predicted molar refractivity (Wildman–Crippen MR) is 141 cm³/mol. The number of carbonyl (C=O) groups is 1. The van der Waals surface area contributed by atoms with Crippen molar-refractivity contribution in [3.63, 3.8) is 0 Å². The van der Waals surface area contributed by atoms with Crippen molar-refractivity contribution >= 4 is 28.6 Å². The van der Waals surface area contributed by atoms with Crippen LogP contribution in [0, 0.1) is 5.41 Å². The first kappa shape index (κ1) is 22.5. The maximum Gasteiger partial charge on any atom is 0.195 e. The summed E-state index contributed by atoms with van der Waals surface area (Å²) < 4.78 is 5.41. The molecule has 6 nitrogen and oxygen atoms in total. The molecule has 0 radical (unpaired) electrons. The van der Waals surface area contributed by atoms with Gasteiger partial charge in [0.15, 0.2) is 5.78 Å². The van der Waals surface area contributed by atoms with Crippen LogP contribution in [0.1, 0.15) is 71.9 Å². The molecule has 0 spiro atoms. The van der Waals surface area contributed by atoms with Gasteiger partial charge in [-0.05, 0) is 40.8 Å². The molecule has 35 heavy (non-hydrogen) atoms. The Balaban J connectivity index is 1.44. The molecule has 3 aliphatic rings. The predicted octanol–water partition coefficient (Wildman–Crippen LogP) is 4.68. The highest BCUT2D eigenvalue weighted by atomic mass is 16.5. The number of hydrogen-bond acceptors (Lipinski definition) is 5. The first-order valence-electron chi connectivity index (χ1n) is 12.8. The zero-order chi connectivity index (χ0) is 24.5. The van der Waals surface area contributed by atoms with E-state index in [2.05, 4.69) is 54.6 Å². The van der Waals surface area contributed by atoms with Crippen molar-refractivity contribution in [2.45, 2.75) is 45.1 Å². The molecule has 0 atom stereocenters. The van der Waals surface area contributed by atoms with Crippen molar-refractivity contribution in [1.29, 1.82) is 5.41 Å². The van der Waals surface area contributed by atoms with Gasteiger partial charge in [0.1, 0.15) is 0 Å². The first-order valence-corrected chi connectivity index (χ1v) is 12.8. The second kappa shape index (κ2) is 8.04. The number of aromatic nitrogens is 1. The van der Waals surface area contributed by atoms with E-state index in [4.69, 9.17) is 10.1 Å². The van der Waals surface area contributed by atoms with Crippen LogP contribution in [0.2, 0.25) is 0 Å². The van der Waals surface area contributed by atoms with Crippen LogP contribution in [0.15, 0.2) is 30.3 Å². The summed E-state index contributed by atoms with van der Waals surface area (Å²) in [6.45, 7) is 14.7. The van der Waals surface area contributed by atoms with E-state index in [0.29, 0.717) is 12.0 Å². The van der Waals surface area contributed by atoms with Gasteiger partial charge in [0.25, 0.3) is 0 Å². The highest BCUT2D eigenvalue weighted by Crippen LogP contribution is 2.46. The fraction of sp³-hybridized carbons (Fsp3) is 0.448. The molecule has 2 fully saturated rings. The third kappa shape index (κ3) is 3.38. The minimum atomic E-state index is -0.336. The molecule has 0 saturated carbocycles. The second-order valence-corrected chi connectivity index (χ2v) is 11.1. The lowest BCUT2D eigenvalue weighted by molar-refractivity contribution is -0.0660. The summed E-state index contributed by atoms with van der Waals surface area (Å²) in [7, 11) is 0. The average molecular weight is 471 g/mol. The van der Waals surface area contributed by atoms with Gasteiger partial charge in [-0.3, -0.25) is 9.69 Å². The molecular weight excluding hydrogens is 436 g/mol. The smallest absolute Gasteiger partial charge is 0.195 e. The maximum absolute atomic E-state index is 13.9. The molecule has 3 aromatic rings. The number of hydrogen-bond donors (Lipinski definition) is 2. The Labute approximate surface area is 206 Å². The van der Waals surface area contributed by atoms with Crippen molar-refractivity contribution in [2.24, 2.45) is 0 Å². The van der Waals surface area contributed by atoms with Crippen LogP contribution >= 0.6 is 0 Å². The van der Waals surface area contributed by atoms with Crippen LogP contribution in [0.3, 0.4) is 0 Å². The van der Waals surface area contributed by atoms with Crippen LogP contribution < -0.4 is 4.90 Å². The molecule has 0 bridgehead atoms. The summed E-state index contributed by atoms with van der Waals surface area (Å²) in [6, 6.07) is 10.9. The van der Waals surface area contributed by atoms with Gasteiger partial charge in [0.2, 0.25) is 0 Å². The molecule has 2 N–H and O–H groups in total. The molecule has 0 amide bonds. The zero-order valence-corrected chi connectivity index (χ0v) is 21.1. The van der Waals surface area contributed by atoms with E-state index in [9.17, 15) is 4.79 Å². The Morgan fingerprint density at radius 3 is 2.49 bits per heavy atom. The lowest BCUT2D eigenvalue weighted by Gasteiger charge is -2.44. The number of piperazine rings is 1. The minimum Gasteiger partial charge on any atom is -0.378 e. The second-order valence-electron chi connectivity index (χ2n) is 11.1. The molecule has 6 heteroatoms. The van der Waals surface area contributed by atoms with Crippen LogP contribution in [0.5, 0.6) is 0 Å². The van der Waals surface area contributed by atoms with Crippen LogP contribution in [0.25, 0.3) is 10.9 Å². The van der Waals surface area contributed by atoms with Crippen molar-refractivity contribution in [3.8, 4) is 0 Å². The van der Waals surface area contributed by atoms with Crippen molar-refractivity contribution in [3.05, 3.63) is 63.8 Å². The number of nitrogens with one attached hydrogen (secondary N) is 2. The monoisotopic (exact) mass is 470 g/mol. The molecular formula is C29H34N4O2. The van der Waals surface area contributed by atoms with Crippen LogP contribution in [-0.2, 0) is 10.2 Å². The highest BCUT2D eigenvalue weighted by molar-refractivity contribution is 6.20. The number of carbonyl (C=O) groups excluding carboxylic acids is 1. The van der Waals surface area contributed by atoms with E-state index < -0.39 is 0 Å². The molecule has 182 valence electrons. The molecule has 2 saturated heterocycles. The number of ketones is 1. The first-order chi connectivity index (χ1) is 16.8. The van der Waals surface area contributed by atoms with Gasteiger partial charge in [-0.25, -0.2) is 0 Å². The van der Waals surface area contributed by atoms with E-state index >= 15 is 0 Å². The fourth-order valence-corrected chi connectivity index (χ4v) is 6.09. The Hall–Kier alpha value is -2.96. The zero-order valence-electron chi connectivity index (χ0n) is 21.1. The summed E-state index contributed by atoms with van der Waals surface area (Å²) in [4.78, 5) is 22.6. The number of ether oxygens (including phenoxy) is 1. The molecule has 2 aliphatic heterocycles. The number of fused-ring (bicyclic) bond motifs is 4. The Morgan fingerprint density at radius 1 is 1.11 bits per heavy atom. The van der Waals surface area contributed by atoms with E-state index in [0.717, 1.165) is 78.2 Å². The molecule has 6 rings (SSSR count).